The first-order valence-electron chi connectivity index (χ1n) is 44.3. The molecule has 0 bridgehead atoms. The maximum absolute atomic E-state index is 13.0. The molecular formula is C74H154BrCl3N20O28P10. The first-order chi connectivity index (χ1) is 63.4. The van der Waals surface area contributed by atoms with Crippen LogP contribution in [-0.4, -0.2) is 343 Å². The summed E-state index contributed by atoms with van der Waals surface area (Å²) in [5.74, 6) is 1.57. The van der Waals surface area contributed by atoms with Crippen molar-refractivity contribution in [2.45, 2.75) is 180 Å². The van der Waals surface area contributed by atoms with Crippen molar-refractivity contribution in [1.29, 1.82) is 0 Å². The predicted molar refractivity (Wildman–Crippen MR) is 546 cm³/mol. The first kappa shape index (κ1) is 134. The van der Waals surface area contributed by atoms with Crippen molar-refractivity contribution in [2.75, 3.05) is 229 Å². The lowest BCUT2D eigenvalue weighted by molar-refractivity contribution is 0.126. The van der Waals surface area contributed by atoms with Crippen LogP contribution in [0, 0.1) is 0 Å². The number of alkyl halides is 3. The lowest BCUT2D eigenvalue weighted by atomic mass is 10.4. The molecule has 4 aromatic rings. The third kappa shape index (κ3) is 56.4. The summed E-state index contributed by atoms with van der Waals surface area (Å²) in [4.78, 5) is 83.2. The van der Waals surface area contributed by atoms with Crippen molar-refractivity contribution < 1.29 is 130 Å². The number of nitrogens with zero attached hydrogens (tertiary/aromatic N) is 14. The maximum Gasteiger partial charge on any atom is 0.345 e. The van der Waals surface area contributed by atoms with Crippen molar-refractivity contribution in [3.63, 3.8) is 0 Å². The fourth-order valence-electron chi connectivity index (χ4n) is 11.9. The highest BCUT2D eigenvalue weighted by Gasteiger charge is 2.36. The van der Waals surface area contributed by atoms with Crippen LogP contribution in [0.1, 0.15) is 147 Å². The van der Waals surface area contributed by atoms with Crippen LogP contribution < -0.4 is 33.2 Å². The van der Waals surface area contributed by atoms with Crippen LogP contribution >= 0.6 is 127 Å². The Morgan fingerprint density at radius 1 is 0.485 bits per heavy atom. The van der Waals surface area contributed by atoms with Crippen LogP contribution in [0.25, 0.3) is 11.2 Å². The predicted octanol–water partition coefficient (Wildman–Crippen LogP) is 14.8. The number of guanidine groups is 2. The second-order valence-corrected chi connectivity index (χ2v) is 55.8. The van der Waals surface area contributed by atoms with E-state index in [-0.39, 0.29) is 136 Å². The number of carbonyl (C=O) groups excluding carboxylic acids is 1. The van der Waals surface area contributed by atoms with Crippen molar-refractivity contribution in [3.8, 4) is 0 Å². The molecule has 136 heavy (non-hydrogen) atoms. The zero-order chi connectivity index (χ0) is 104. The number of imidazole rings is 3. The van der Waals surface area contributed by atoms with Crippen LogP contribution in [0.4, 0.5) is 22.4 Å². The van der Waals surface area contributed by atoms with Crippen LogP contribution in [0.3, 0.4) is 0 Å². The Morgan fingerprint density at radius 3 is 1.16 bits per heavy atom. The van der Waals surface area contributed by atoms with E-state index in [1.807, 2.05) is 60.5 Å². The van der Waals surface area contributed by atoms with Crippen LogP contribution in [0.5, 0.6) is 0 Å². The monoisotopic (exact) mass is 2260 g/mol. The number of fused-ring (bicyclic) bond motifs is 3. The van der Waals surface area contributed by atoms with Crippen LogP contribution in [0.15, 0.2) is 29.0 Å². The maximum atomic E-state index is 13.0. The Kier molecular flexibility index (Phi) is 67.1. The van der Waals surface area contributed by atoms with Gasteiger partial charge in [0, 0.05) is 85.1 Å². The number of aromatic nitrogens is 8. The Hall–Kier alpha value is -2.25. The van der Waals surface area contributed by atoms with Crippen LogP contribution in [0.2, 0.25) is 5.15 Å². The SMILES string of the molecule is CC.CC(C)OP(=O)(CBr)OC(C)C.CCOP(=O)(CCN(CCO)CP(=O)(OC(C)C)OC(C)C)OCC.CCOP(=O)(CCN(CCn1cnc2c(Cl)nc(N)nc21)CP(C)(C)=O)OCC.CCOP(=O)(CCN(CCn1cnc2c1NC(N)=NC2Cl)CP(C)(C)=O)OCC.CCOP(=O)(CCNCCO)OCC.NC1=NC(Cl)c2ncn(CCN(CCP(=O)(O)O)C(=O)P(O)O)c2N1. The van der Waals surface area contributed by atoms with Crippen molar-refractivity contribution >= 4 is 173 Å². The van der Waals surface area contributed by atoms with Gasteiger partial charge in [-0.1, -0.05) is 64.6 Å². The standard InChI is InChI=1S/C16H31ClN6O4P2.C16H29ClN6O4P2.C15H35NO7P2.C10H17ClN6O6P2.C8H20NO4P.C7H16BrO3P.C2H6/c2*1-5-26-29(25,27-6-2)10-9-22(12-28(3,4)24)7-8-23-11-19-13-14(17)20-16(18)21-15(13)23;1-7-20-24(18,21-8-2)12-10-16(9-11-17)13-25(19,22-14(3)4)23-15(5)6;11-7-6-8(15-9(12)14-7)17(5-13-6)2-1-16(10(18)24(19)20)3-4-25(21,22)23;1-3-12-14(11,13-4-2)8-6-9-5-7-10;1-6(2)10-12(9,5-8)11-7(3)4;1-2/h11,14H,5-10,12H2,1-4H3,(H3,18,20,21);11H,5-10,12H2,1-4H3,(H2,18,20,21);14-15,17H,7-13H2,1-6H3;5,7,19-20H,1-4H2,(H3,12,14,15)(H2,21,22,23);9-10H,3-8H2,1-2H3;6-7H,5H2,1-4H3;1-2H3. The van der Waals surface area contributed by atoms with Gasteiger partial charge in [-0.05, 0) is 137 Å². The topological polar surface area (TPSA) is 634 Å². The highest BCUT2D eigenvalue weighted by atomic mass is 79.9. The number of halogens is 4. The molecule has 2 aliphatic heterocycles. The van der Waals surface area contributed by atoms with Gasteiger partial charge in [0.15, 0.2) is 33.7 Å². The quantitative estimate of drug-likeness (QED) is 0.00642. The van der Waals surface area contributed by atoms with Gasteiger partial charge in [-0.2, -0.15) is 9.97 Å². The third-order valence-corrected chi connectivity index (χ3v) is 35.2. The summed E-state index contributed by atoms with van der Waals surface area (Å²) in [5.41, 5.74) is 16.7. The van der Waals surface area contributed by atoms with Gasteiger partial charge in [-0.25, -0.2) is 24.9 Å². The molecule has 6 heterocycles. The summed E-state index contributed by atoms with van der Waals surface area (Å²) in [7, 11) is -30.7. The van der Waals surface area contributed by atoms with Crippen molar-refractivity contribution in [3.05, 3.63) is 35.5 Å². The van der Waals surface area contributed by atoms with E-state index in [9.17, 15) is 51.0 Å². The molecule has 15 N–H and O–H groups in total. The summed E-state index contributed by atoms with van der Waals surface area (Å²) in [5, 5.41) is 26.9. The minimum absolute atomic E-state index is 0.00215. The highest BCUT2D eigenvalue weighted by molar-refractivity contribution is 9.10. The summed E-state index contributed by atoms with van der Waals surface area (Å²) in [6, 6.07) is 0. The van der Waals surface area contributed by atoms with Crippen molar-refractivity contribution in [1.82, 2.24) is 63.5 Å². The molecular weight excluding hydrogens is 2110 g/mol. The molecule has 0 saturated heterocycles. The molecule has 0 aromatic carbocycles. The van der Waals surface area contributed by atoms with E-state index in [2.05, 4.69) is 66.8 Å². The Bertz CT molecular complexity index is 4530. The van der Waals surface area contributed by atoms with Crippen molar-refractivity contribution in [2.24, 2.45) is 21.5 Å². The number of aliphatic hydroxyl groups excluding tert-OH is 2. The van der Waals surface area contributed by atoms with E-state index in [4.69, 9.17) is 131 Å². The largest absolute Gasteiger partial charge is 0.395 e. The van der Waals surface area contributed by atoms with Gasteiger partial charge in [0.05, 0.1) is 167 Å². The average molecular weight is 2270 g/mol. The number of nitrogen functional groups attached to an aromatic ring is 1. The number of nitrogens with one attached hydrogen (secondary N) is 3. The molecule has 1 amide bonds. The minimum Gasteiger partial charge on any atom is -0.395 e. The highest BCUT2D eigenvalue weighted by Crippen LogP contribution is 2.55. The number of aliphatic hydroxyl groups is 2. The molecule has 0 saturated carbocycles. The van der Waals surface area contributed by atoms with E-state index < -0.39 is 98.6 Å². The first-order valence-corrected chi connectivity index (χ1v) is 65.7. The Labute approximate surface area is 827 Å². The minimum atomic E-state index is -4.34. The Morgan fingerprint density at radius 2 is 0.831 bits per heavy atom. The summed E-state index contributed by atoms with van der Waals surface area (Å²) in [6.45, 7) is 46.5. The molecule has 2 aliphatic rings. The van der Waals surface area contributed by atoms with E-state index in [1.54, 1.807) is 132 Å². The molecule has 4 aromatic heterocycles. The molecule has 48 nitrogen and oxygen atoms in total. The molecule has 0 radical (unpaired) electrons. The molecule has 0 fully saturated rings. The third-order valence-electron chi connectivity index (χ3n) is 16.7. The number of amides is 1. The van der Waals surface area contributed by atoms with Crippen LogP contribution in [-0.2, 0) is 115 Å². The van der Waals surface area contributed by atoms with E-state index in [0.717, 1.165) is 4.90 Å². The van der Waals surface area contributed by atoms with Gasteiger partial charge >= 0.3 is 58.8 Å². The second-order valence-electron chi connectivity index (χ2n) is 31.0. The zero-order valence-corrected chi connectivity index (χ0v) is 95.3. The number of hydrogen-bond acceptors (Lipinski definition) is 42. The summed E-state index contributed by atoms with van der Waals surface area (Å²) < 4.78 is 179. The molecule has 2 atom stereocenters. The number of rotatable bonds is 60. The number of nitrogens with two attached hydrogens (primary N) is 3. The van der Waals surface area contributed by atoms with Gasteiger partial charge in [0.2, 0.25) is 5.95 Å². The number of carbonyl (C=O) groups is 1. The molecule has 796 valence electrons. The number of aliphatic imine (C=N–C) groups is 2. The second kappa shape index (κ2) is 68.2. The summed E-state index contributed by atoms with van der Waals surface area (Å²) >= 11 is 21.4. The van der Waals surface area contributed by atoms with Gasteiger partial charge in [-0.15, -0.1) is 0 Å². The average Bonchev–Trinajstić information content (AvgIpc) is 1.67. The fraction of sp³-hybridized carbons (Fsp3) is 0.811. The van der Waals surface area contributed by atoms with Gasteiger partial charge < -0.3 is 145 Å². The number of anilines is 3. The van der Waals surface area contributed by atoms with Gasteiger partial charge in [0.25, 0.3) is 8.38 Å². The number of hydrogen-bond donors (Lipinski definition) is 12. The zero-order valence-electron chi connectivity index (χ0n) is 82.5. The van der Waals surface area contributed by atoms with E-state index >= 15 is 0 Å². The van der Waals surface area contributed by atoms with Gasteiger partial charge in [-0.3, -0.25) is 51.4 Å². The van der Waals surface area contributed by atoms with E-state index in [1.165, 1.54) is 6.33 Å². The normalized spacial score (nSPS) is 14.4. The molecule has 62 heteroatoms. The lowest BCUT2D eigenvalue weighted by Gasteiger charge is -2.29. The fourth-order valence-corrected chi connectivity index (χ4v) is 27.0. The lowest BCUT2D eigenvalue weighted by Crippen LogP contribution is -2.35. The smallest absolute Gasteiger partial charge is 0.345 e. The summed E-state index contributed by atoms with van der Waals surface area (Å²) in [6.07, 6.45) is 5.17. The van der Waals surface area contributed by atoms with E-state index in [0.29, 0.717) is 145 Å². The molecule has 2 unspecified atom stereocenters. The van der Waals surface area contributed by atoms with Gasteiger partial charge in [0.1, 0.15) is 39.9 Å². The Balaban J connectivity index is 0.00000164. The molecule has 6 rings (SSSR count). The molecule has 0 spiro atoms. The molecule has 0 aliphatic carbocycles.